The van der Waals surface area contributed by atoms with Crippen LogP contribution in [0.3, 0.4) is 0 Å². The fourth-order valence-corrected chi connectivity index (χ4v) is 5.30. The highest BCUT2D eigenvalue weighted by Crippen LogP contribution is 2.38. The summed E-state index contributed by atoms with van der Waals surface area (Å²) >= 11 is 1.34. The van der Waals surface area contributed by atoms with Gasteiger partial charge in [-0.25, -0.2) is 4.79 Å². The molecule has 2 aromatic carbocycles. The van der Waals surface area contributed by atoms with Crippen molar-refractivity contribution in [3.8, 4) is 0 Å². The highest BCUT2D eigenvalue weighted by molar-refractivity contribution is 7.17. The minimum Gasteiger partial charge on any atom is -0.465 e. The van der Waals surface area contributed by atoms with E-state index >= 15 is 0 Å². The number of nitrogens with zero attached hydrogens (tertiary/aromatic N) is 1. The molecule has 1 aromatic heterocycles. The Morgan fingerprint density at radius 3 is 2.12 bits per heavy atom. The topological polar surface area (TPSA) is 75.7 Å². The molecular weight excluding hydrogens is 424 g/mol. The third-order valence-corrected chi connectivity index (χ3v) is 6.79. The van der Waals surface area contributed by atoms with Gasteiger partial charge in [0.05, 0.1) is 25.1 Å². The minimum absolute atomic E-state index is 0.0116. The van der Waals surface area contributed by atoms with Gasteiger partial charge in [-0.15, -0.1) is 11.3 Å². The van der Waals surface area contributed by atoms with E-state index in [1.807, 2.05) is 60.7 Å². The van der Waals surface area contributed by atoms with Crippen molar-refractivity contribution in [1.82, 2.24) is 4.90 Å². The first-order valence-electron chi connectivity index (χ1n) is 10.4. The van der Waals surface area contributed by atoms with E-state index in [1.165, 1.54) is 25.4 Å². The van der Waals surface area contributed by atoms with Gasteiger partial charge in [0.1, 0.15) is 5.00 Å². The Kier molecular flexibility index (Phi) is 6.37. The number of hydrogen-bond acceptors (Lipinski definition) is 5. The van der Waals surface area contributed by atoms with Crippen molar-refractivity contribution in [2.24, 2.45) is 0 Å². The van der Waals surface area contributed by atoms with Crippen LogP contribution in [0, 0.1) is 0 Å². The van der Waals surface area contributed by atoms with E-state index in [-0.39, 0.29) is 11.8 Å². The lowest BCUT2D eigenvalue weighted by Gasteiger charge is -2.25. The van der Waals surface area contributed by atoms with Crippen molar-refractivity contribution >= 4 is 34.1 Å². The molecule has 0 saturated carbocycles. The van der Waals surface area contributed by atoms with Gasteiger partial charge in [0.15, 0.2) is 0 Å². The van der Waals surface area contributed by atoms with Gasteiger partial charge in [-0.1, -0.05) is 60.7 Å². The molecule has 0 fully saturated rings. The van der Waals surface area contributed by atoms with E-state index in [1.54, 1.807) is 4.90 Å². The molecule has 1 aliphatic heterocycles. The highest BCUT2D eigenvalue weighted by Gasteiger charge is 2.31. The lowest BCUT2D eigenvalue weighted by molar-refractivity contribution is -0.129. The maximum absolute atomic E-state index is 13.5. The minimum atomic E-state index is -0.532. The number of carbonyl (C=O) groups is 3. The number of ether oxygens (including phenoxy) is 1. The Hall–Kier alpha value is -3.45. The predicted molar refractivity (Wildman–Crippen MR) is 124 cm³/mol. The third kappa shape index (κ3) is 4.29. The van der Waals surface area contributed by atoms with Crippen LogP contribution in [0.1, 0.15) is 44.8 Å². The number of nitrogens with one attached hydrogen (secondary N) is 1. The van der Waals surface area contributed by atoms with Crippen molar-refractivity contribution in [3.05, 3.63) is 87.8 Å². The van der Waals surface area contributed by atoms with E-state index in [2.05, 4.69) is 5.32 Å². The quantitative estimate of drug-likeness (QED) is 0.594. The van der Waals surface area contributed by atoms with Crippen molar-refractivity contribution in [2.75, 3.05) is 19.0 Å². The Bertz CT molecular complexity index is 1100. The SMILES string of the molecule is COC(=O)c1c(NC(=O)C(c2ccccc2)c2ccccc2)sc2c1CCN(C(C)=O)C2. The monoisotopic (exact) mass is 448 g/mol. The van der Waals surface area contributed by atoms with Crippen LogP contribution in [0.2, 0.25) is 0 Å². The van der Waals surface area contributed by atoms with Crippen molar-refractivity contribution < 1.29 is 19.1 Å². The molecule has 32 heavy (non-hydrogen) atoms. The molecule has 3 aromatic rings. The maximum atomic E-state index is 13.5. The van der Waals surface area contributed by atoms with Crippen LogP contribution in [0.5, 0.6) is 0 Å². The van der Waals surface area contributed by atoms with E-state index in [0.29, 0.717) is 30.1 Å². The number of methoxy groups -OCH3 is 1. The second kappa shape index (κ2) is 9.36. The maximum Gasteiger partial charge on any atom is 0.341 e. The lowest BCUT2D eigenvalue weighted by Crippen LogP contribution is -2.33. The Labute approximate surface area is 190 Å². The van der Waals surface area contributed by atoms with Crippen LogP contribution in [-0.4, -0.2) is 36.3 Å². The summed E-state index contributed by atoms with van der Waals surface area (Å²) in [5.41, 5.74) is 2.97. The number of anilines is 1. The summed E-state index contributed by atoms with van der Waals surface area (Å²) < 4.78 is 5.02. The van der Waals surface area contributed by atoms with E-state index < -0.39 is 11.9 Å². The van der Waals surface area contributed by atoms with Crippen molar-refractivity contribution in [3.63, 3.8) is 0 Å². The normalized spacial score (nSPS) is 12.9. The first-order valence-corrected chi connectivity index (χ1v) is 11.2. The number of rotatable bonds is 5. The molecule has 0 atom stereocenters. The fourth-order valence-electron chi connectivity index (χ4n) is 4.05. The van der Waals surface area contributed by atoms with E-state index in [0.717, 1.165) is 21.6 Å². The molecule has 2 heterocycles. The third-order valence-electron chi connectivity index (χ3n) is 5.66. The van der Waals surface area contributed by atoms with Crippen LogP contribution in [-0.2, 0) is 27.3 Å². The summed E-state index contributed by atoms with van der Waals surface area (Å²) in [6.07, 6.45) is 0.548. The number of benzene rings is 2. The zero-order valence-electron chi connectivity index (χ0n) is 18.0. The molecule has 0 radical (unpaired) electrons. The second-order valence-corrected chi connectivity index (χ2v) is 8.74. The average molecular weight is 449 g/mol. The van der Waals surface area contributed by atoms with Gasteiger partial charge >= 0.3 is 5.97 Å². The van der Waals surface area contributed by atoms with Gasteiger partial charge in [0.2, 0.25) is 11.8 Å². The number of esters is 1. The smallest absolute Gasteiger partial charge is 0.341 e. The van der Waals surface area contributed by atoms with E-state index in [9.17, 15) is 14.4 Å². The summed E-state index contributed by atoms with van der Waals surface area (Å²) in [6, 6.07) is 19.1. The average Bonchev–Trinajstić information content (AvgIpc) is 3.17. The molecule has 164 valence electrons. The highest BCUT2D eigenvalue weighted by atomic mass is 32.1. The molecule has 2 amide bonds. The van der Waals surface area contributed by atoms with Crippen molar-refractivity contribution in [1.29, 1.82) is 0 Å². The van der Waals surface area contributed by atoms with Gasteiger partial charge in [0.25, 0.3) is 0 Å². The van der Waals surface area contributed by atoms with Crippen molar-refractivity contribution in [2.45, 2.75) is 25.8 Å². The molecule has 6 nitrogen and oxygen atoms in total. The standard InChI is InChI=1S/C25H24N2O4S/c1-16(28)27-14-13-19-20(15-27)32-24(22(19)25(30)31-2)26-23(29)21(17-9-5-3-6-10-17)18-11-7-4-8-12-18/h3-12,21H,13-15H2,1-2H3,(H,26,29). The fraction of sp³-hybridized carbons (Fsp3) is 0.240. The Morgan fingerprint density at radius 2 is 1.59 bits per heavy atom. The van der Waals surface area contributed by atoms with Crippen LogP contribution >= 0.6 is 11.3 Å². The first kappa shape index (κ1) is 21.8. The molecule has 1 N–H and O–H groups in total. The second-order valence-electron chi connectivity index (χ2n) is 7.63. The zero-order chi connectivity index (χ0) is 22.7. The molecule has 0 bridgehead atoms. The van der Waals surface area contributed by atoms with Gasteiger partial charge in [-0.05, 0) is 23.1 Å². The number of fused-ring (bicyclic) bond motifs is 1. The summed E-state index contributed by atoms with van der Waals surface area (Å²) in [5.74, 6) is -1.25. The molecule has 0 unspecified atom stereocenters. The summed E-state index contributed by atoms with van der Waals surface area (Å²) in [5, 5.41) is 3.47. The molecule has 1 aliphatic rings. The van der Waals surface area contributed by atoms with Gasteiger partial charge in [-0.2, -0.15) is 0 Å². The van der Waals surface area contributed by atoms with Gasteiger partial charge < -0.3 is 15.0 Å². The molecule has 7 heteroatoms. The zero-order valence-corrected chi connectivity index (χ0v) is 18.8. The molecule has 0 spiro atoms. The number of amides is 2. The van der Waals surface area contributed by atoms with Crippen LogP contribution < -0.4 is 5.32 Å². The number of hydrogen-bond donors (Lipinski definition) is 1. The first-order chi connectivity index (χ1) is 15.5. The Balaban J connectivity index is 1.71. The van der Waals surface area contributed by atoms with Crippen LogP contribution in [0.4, 0.5) is 5.00 Å². The summed E-state index contributed by atoms with van der Waals surface area (Å²) in [7, 11) is 1.33. The predicted octanol–water partition coefficient (Wildman–Crippen LogP) is 4.21. The molecule has 4 rings (SSSR count). The summed E-state index contributed by atoms with van der Waals surface area (Å²) in [4.78, 5) is 40.6. The van der Waals surface area contributed by atoms with Gasteiger partial charge in [0, 0.05) is 18.3 Å². The van der Waals surface area contributed by atoms with Gasteiger partial charge in [-0.3, -0.25) is 9.59 Å². The number of thiophene rings is 1. The summed E-state index contributed by atoms with van der Waals surface area (Å²) in [6.45, 7) is 2.50. The Morgan fingerprint density at radius 1 is 1.00 bits per heavy atom. The lowest BCUT2D eigenvalue weighted by atomic mass is 9.90. The molecule has 0 saturated heterocycles. The van der Waals surface area contributed by atoms with E-state index in [4.69, 9.17) is 4.74 Å². The molecule has 0 aliphatic carbocycles. The number of carbonyl (C=O) groups excluding carboxylic acids is 3. The van der Waals surface area contributed by atoms with Crippen LogP contribution in [0.25, 0.3) is 0 Å². The largest absolute Gasteiger partial charge is 0.465 e. The molecular formula is C25H24N2O4S. The van der Waals surface area contributed by atoms with Crippen LogP contribution in [0.15, 0.2) is 60.7 Å².